The number of methoxy groups -OCH3 is 1. The van der Waals surface area contributed by atoms with Crippen molar-refractivity contribution in [2.75, 3.05) is 12.4 Å². The fourth-order valence-corrected chi connectivity index (χ4v) is 3.96. The number of amides is 2. The minimum atomic E-state index is -0.275. The molecule has 158 valence electrons. The molecule has 4 rings (SSSR count). The number of carbonyl (C=O) groups excluding carboxylic acids is 2. The fourth-order valence-electron chi connectivity index (χ4n) is 3.25. The van der Waals surface area contributed by atoms with E-state index in [1.807, 2.05) is 47.8 Å². The Hall–Kier alpha value is -3.65. The fraction of sp³-hybridized carbons (Fsp3) is 0.174. The number of nitrogens with one attached hydrogen (secondary N) is 2. The van der Waals surface area contributed by atoms with Crippen LogP contribution in [0.5, 0.6) is 5.75 Å². The van der Waals surface area contributed by atoms with Gasteiger partial charge in [-0.2, -0.15) is 5.10 Å². The quantitative estimate of drug-likeness (QED) is 0.324. The second kappa shape index (κ2) is 9.01. The Kier molecular flexibility index (Phi) is 5.99. The van der Waals surface area contributed by atoms with E-state index in [0.29, 0.717) is 22.7 Å². The van der Waals surface area contributed by atoms with Crippen LogP contribution in [0.4, 0.5) is 5.69 Å². The number of para-hydroxylation sites is 1. The number of anilines is 1. The summed E-state index contributed by atoms with van der Waals surface area (Å²) in [7, 11) is 1.55. The summed E-state index contributed by atoms with van der Waals surface area (Å²) < 4.78 is 11.3. The Bertz CT molecular complexity index is 1270. The van der Waals surface area contributed by atoms with Gasteiger partial charge in [-0.15, -0.1) is 11.3 Å². The summed E-state index contributed by atoms with van der Waals surface area (Å²) in [6.45, 7) is 1.69. The van der Waals surface area contributed by atoms with E-state index in [-0.39, 0.29) is 24.7 Å². The van der Waals surface area contributed by atoms with Gasteiger partial charge in [0.2, 0.25) is 11.8 Å². The standard InChI is InChI=1S/C23H21N3O4S/c1-14(25-26-23(28)11-15-6-5-9-31-15)10-22(27)24-18-13-20-17(12-21(18)29-2)16-7-3-4-8-19(16)30-20/h3-9,12-13H,10-11H2,1-2H3,(H,24,27)(H,26,28). The molecule has 0 bridgehead atoms. The van der Waals surface area contributed by atoms with Gasteiger partial charge in [-0.25, -0.2) is 5.43 Å². The Labute approximate surface area is 182 Å². The first-order valence-corrected chi connectivity index (χ1v) is 10.5. The second-order valence-electron chi connectivity index (χ2n) is 7.01. The number of fused-ring (bicyclic) bond motifs is 3. The lowest BCUT2D eigenvalue weighted by atomic mass is 10.1. The molecule has 0 spiro atoms. The minimum absolute atomic E-state index is 0.0284. The molecule has 8 heteroatoms. The molecule has 0 aliphatic heterocycles. The van der Waals surface area contributed by atoms with E-state index in [4.69, 9.17) is 9.15 Å². The zero-order chi connectivity index (χ0) is 21.8. The number of ether oxygens (including phenoxy) is 1. The van der Waals surface area contributed by atoms with Crippen LogP contribution in [0, 0.1) is 0 Å². The monoisotopic (exact) mass is 435 g/mol. The molecule has 0 saturated heterocycles. The number of hydrazone groups is 1. The first-order valence-electron chi connectivity index (χ1n) is 9.67. The van der Waals surface area contributed by atoms with Crippen molar-refractivity contribution in [2.45, 2.75) is 19.8 Å². The van der Waals surface area contributed by atoms with Gasteiger partial charge in [-0.1, -0.05) is 24.3 Å². The third-order valence-electron chi connectivity index (χ3n) is 4.68. The van der Waals surface area contributed by atoms with Gasteiger partial charge in [0.25, 0.3) is 0 Å². The first-order chi connectivity index (χ1) is 15.0. The molecular formula is C23H21N3O4S. The van der Waals surface area contributed by atoms with Crippen molar-refractivity contribution in [2.24, 2.45) is 5.10 Å². The van der Waals surface area contributed by atoms with Gasteiger partial charge in [0, 0.05) is 27.4 Å². The van der Waals surface area contributed by atoms with Crippen LogP contribution < -0.4 is 15.5 Å². The van der Waals surface area contributed by atoms with Gasteiger partial charge >= 0.3 is 0 Å². The zero-order valence-electron chi connectivity index (χ0n) is 17.1. The molecule has 7 nitrogen and oxygen atoms in total. The van der Waals surface area contributed by atoms with Crippen molar-refractivity contribution in [3.05, 3.63) is 58.8 Å². The highest BCUT2D eigenvalue weighted by molar-refractivity contribution is 7.10. The molecule has 0 atom stereocenters. The smallest absolute Gasteiger partial charge is 0.245 e. The maximum Gasteiger partial charge on any atom is 0.245 e. The van der Waals surface area contributed by atoms with Crippen molar-refractivity contribution in [3.8, 4) is 5.75 Å². The van der Waals surface area contributed by atoms with E-state index in [0.717, 1.165) is 21.2 Å². The molecule has 0 radical (unpaired) electrons. The van der Waals surface area contributed by atoms with Gasteiger partial charge in [0.15, 0.2) is 0 Å². The van der Waals surface area contributed by atoms with Gasteiger partial charge in [0.1, 0.15) is 16.9 Å². The predicted molar refractivity (Wildman–Crippen MR) is 123 cm³/mol. The zero-order valence-corrected chi connectivity index (χ0v) is 17.9. The van der Waals surface area contributed by atoms with Crippen LogP contribution >= 0.6 is 11.3 Å². The topological polar surface area (TPSA) is 92.9 Å². The van der Waals surface area contributed by atoms with E-state index in [1.54, 1.807) is 20.1 Å². The van der Waals surface area contributed by atoms with E-state index in [2.05, 4.69) is 15.8 Å². The number of hydrogen-bond donors (Lipinski definition) is 2. The summed E-state index contributed by atoms with van der Waals surface area (Å²) in [6, 6.07) is 15.1. The number of furan rings is 1. The van der Waals surface area contributed by atoms with Crippen molar-refractivity contribution < 1.29 is 18.7 Å². The predicted octanol–water partition coefficient (Wildman–Crippen LogP) is 4.72. The lowest BCUT2D eigenvalue weighted by Crippen LogP contribution is -2.22. The summed E-state index contributed by atoms with van der Waals surface area (Å²) >= 11 is 1.51. The van der Waals surface area contributed by atoms with E-state index < -0.39 is 0 Å². The lowest BCUT2D eigenvalue weighted by Gasteiger charge is -2.10. The van der Waals surface area contributed by atoms with Gasteiger partial charge in [-0.05, 0) is 30.5 Å². The summed E-state index contributed by atoms with van der Waals surface area (Å²) in [5.74, 6) is 0.0352. The summed E-state index contributed by atoms with van der Waals surface area (Å²) in [4.78, 5) is 25.4. The van der Waals surface area contributed by atoms with Crippen molar-refractivity contribution in [1.82, 2.24) is 5.43 Å². The molecule has 0 saturated carbocycles. The van der Waals surface area contributed by atoms with Gasteiger partial charge < -0.3 is 14.5 Å². The molecule has 2 amide bonds. The average molecular weight is 436 g/mol. The Morgan fingerprint density at radius 1 is 1.06 bits per heavy atom. The summed E-state index contributed by atoms with van der Waals surface area (Å²) in [5.41, 5.74) is 4.91. The number of carbonyl (C=O) groups is 2. The van der Waals surface area contributed by atoms with Crippen molar-refractivity contribution in [1.29, 1.82) is 0 Å². The molecule has 31 heavy (non-hydrogen) atoms. The number of thiophene rings is 1. The van der Waals surface area contributed by atoms with Crippen LogP contribution in [-0.2, 0) is 16.0 Å². The van der Waals surface area contributed by atoms with Gasteiger partial charge in [-0.3, -0.25) is 9.59 Å². The average Bonchev–Trinajstić information content (AvgIpc) is 3.38. The van der Waals surface area contributed by atoms with Crippen LogP contribution in [0.2, 0.25) is 0 Å². The van der Waals surface area contributed by atoms with E-state index >= 15 is 0 Å². The lowest BCUT2D eigenvalue weighted by molar-refractivity contribution is -0.120. The number of hydrogen-bond acceptors (Lipinski definition) is 6. The maximum atomic E-state index is 12.5. The van der Waals surface area contributed by atoms with E-state index in [9.17, 15) is 9.59 Å². The van der Waals surface area contributed by atoms with Crippen LogP contribution in [0.1, 0.15) is 18.2 Å². The van der Waals surface area contributed by atoms with Crippen LogP contribution in [0.15, 0.2) is 63.4 Å². The minimum Gasteiger partial charge on any atom is -0.495 e. The molecule has 0 fully saturated rings. The molecule has 0 aliphatic rings. The maximum absolute atomic E-state index is 12.5. The highest BCUT2D eigenvalue weighted by atomic mass is 32.1. The van der Waals surface area contributed by atoms with Crippen LogP contribution in [0.3, 0.4) is 0 Å². The van der Waals surface area contributed by atoms with Gasteiger partial charge in [0.05, 0.1) is 25.6 Å². The molecular weight excluding hydrogens is 414 g/mol. The van der Waals surface area contributed by atoms with Crippen molar-refractivity contribution in [3.63, 3.8) is 0 Å². The number of rotatable bonds is 7. The number of nitrogens with zero attached hydrogens (tertiary/aromatic N) is 1. The van der Waals surface area contributed by atoms with Crippen LogP contribution in [-0.4, -0.2) is 24.6 Å². The molecule has 2 aromatic heterocycles. The Balaban J connectivity index is 1.43. The molecule has 2 aromatic carbocycles. The molecule has 2 heterocycles. The third kappa shape index (κ3) is 4.75. The summed E-state index contributed by atoms with van der Waals surface area (Å²) in [5, 5.41) is 10.7. The molecule has 4 aromatic rings. The van der Waals surface area contributed by atoms with Crippen molar-refractivity contribution >= 4 is 56.5 Å². The van der Waals surface area contributed by atoms with Crippen LogP contribution in [0.25, 0.3) is 21.9 Å². The third-order valence-corrected chi connectivity index (χ3v) is 5.55. The summed E-state index contributed by atoms with van der Waals surface area (Å²) in [6.07, 6.45) is 0.288. The molecule has 0 aliphatic carbocycles. The first kappa shape index (κ1) is 20.6. The Morgan fingerprint density at radius 3 is 2.68 bits per heavy atom. The normalized spacial score (nSPS) is 11.6. The largest absolute Gasteiger partial charge is 0.495 e. The molecule has 2 N–H and O–H groups in total. The molecule has 0 unspecified atom stereocenters. The highest BCUT2D eigenvalue weighted by Gasteiger charge is 2.14. The number of benzene rings is 2. The SMILES string of the molecule is COc1cc2c(cc1NC(=O)CC(C)=NNC(=O)Cc1cccs1)oc1ccccc12. The second-order valence-corrected chi connectivity index (χ2v) is 8.04. The highest BCUT2D eigenvalue weighted by Crippen LogP contribution is 2.36. The Morgan fingerprint density at radius 2 is 1.90 bits per heavy atom. The van der Waals surface area contributed by atoms with E-state index in [1.165, 1.54) is 11.3 Å².